The van der Waals surface area contributed by atoms with Gasteiger partial charge < -0.3 is 24.6 Å². The molecule has 0 unspecified atom stereocenters. The molecule has 0 aliphatic carbocycles. The van der Waals surface area contributed by atoms with Gasteiger partial charge in [0.1, 0.15) is 17.8 Å². The first-order valence-corrected chi connectivity index (χ1v) is 13.5. The lowest BCUT2D eigenvalue weighted by molar-refractivity contribution is 0.249. The number of pyridine rings is 1. The highest BCUT2D eigenvalue weighted by Gasteiger charge is 2.21. The van der Waals surface area contributed by atoms with Crippen molar-refractivity contribution in [3.8, 4) is 22.6 Å². The summed E-state index contributed by atoms with van der Waals surface area (Å²) in [7, 11) is 7.50. The van der Waals surface area contributed by atoms with E-state index in [4.69, 9.17) is 26.1 Å². The molecule has 11 heteroatoms. The standard InChI is InChI=1S/C29H31ClN8O2/c1-36(2)20-9-11-37(12-10-20)21-7-5-19(6-8-21)33-29-31-16-18-13-24(28-35-32-17-38(28)27(18)34-29)23-14-22(39-3)15-25(40-4)26(23)30/h5-8,13-17,20H,9-12H2,1-4H3,(H,31,33,34). The van der Waals surface area contributed by atoms with E-state index >= 15 is 0 Å². The molecule has 0 atom stereocenters. The van der Waals surface area contributed by atoms with Crippen LogP contribution in [0.5, 0.6) is 11.5 Å². The quantitative estimate of drug-likeness (QED) is 0.286. The summed E-state index contributed by atoms with van der Waals surface area (Å²) < 4.78 is 12.8. The van der Waals surface area contributed by atoms with E-state index in [9.17, 15) is 0 Å². The third kappa shape index (κ3) is 4.84. The van der Waals surface area contributed by atoms with Gasteiger partial charge >= 0.3 is 0 Å². The first-order chi connectivity index (χ1) is 19.4. The zero-order valence-electron chi connectivity index (χ0n) is 22.9. The van der Waals surface area contributed by atoms with Gasteiger partial charge in [0.2, 0.25) is 5.95 Å². The summed E-state index contributed by atoms with van der Waals surface area (Å²) in [4.78, 5) is 14.1. The van der Waals surface area contributed by atoms with E-state index in [0.717, 1.165) is 29.7 Å². The lowest BCUT2D eigenvalue weighted by atomic mass is 10.0. The Balaban J connectivity index is 1.28. The number of benzene rings is 2. The minimum atomic E-state index is 0.456. The Hall–Kier alpha value is -4.15. The van der Waals surface area contributed by atoms with Crippen LogP contribution in [-0.4, -0.2) is 76.9 Å². The maximum absolute atomic E-state index is 6.70. The van der Waals surface area contributed by atoms with Crippen LogP contribution in [0.4, 0.5) is 17.3 Å². The number of ether oxygens (including phenoxy) is 2. The molecule has 4 heterocycles. The number of hydrogen-bond donors (Lipinski definition) is 1. The van der Waals surface area contributed by atoms with Crippen LogP contribution >= 0.6 is 11.6 Å². The lowest BCUT2D eigenvalue weighted by Gasteiger charge is -2.36. The molecule has 1 fully saturated rings. The molecule has 3 aromatic heterocycles. The molecule has 0 amide bonds. The highest BCUT2D eigenvalue weighted by Crippen LogP contribution is 2.41. The normalized spacial score (nSPS) is 14.3. The smallest absolute Gasteiger partial charge is 0.229 e. The monoisotopic (exact) mass is 558 g/mol. The molecular weight excluding hydrogens is 528 g/mol. The van der Waals surface area contributed by atoms with Gasteiger partial charge in [-0.25, -0.2) is 4.98 Å². The van der Waals surface area contributed by atoms with Crippen LogP contribution in [0.2, 0.25) is 5.02 Å². The number of rotatable bonds is 7. The Kier molecular flexibility index (Phi) is 7.03. The van der Waals surface area contributed by atoms with Crippen LogP contribution in [0.15, 0.2) is 55.0 Å². The van der Waals surface area contributed by atoms with Gasteiger partial charge in [-0.1, -0.05) is 11.6 Å². The number of fused-ring (bicyclic) bond motifs is 3. The minimum Gasteiger partial charge on any atom is -0.497 e. The largest absolute Gasteiger partial charge is 0.497 e. The number of methoxy groups -OCH3 is 2. The van der Waals surface area contributed by atoms with E-state index < -0.39 is 0 Å². The summed E-state index contributed by atoms with van der Waals surface area (Å²) in [6.45, 7) is 2.13. The zero-order valence-corrected chi connectivity index (χ0v) is 23.7. The van der Waals surface area contributed by atoms with Gasteiger partial charge in [-0.05, 0) is 63.3 Å². The van der Waals surface area contributed by atoms with Crippen molar-refractivity contribution in [2.75, 3.05) is 51.6 Å². The van der Waals surface area contributed by atoms with Gasteiger partial charge in [-0.2, -0.15) is 4.98 Å². The third-order valence-electron chi connectivity index (χ3n) is 7.55. The molecule has 0 spiro atoms. The minimum absolute atomic E-state index is 0.456. The molecule has 40 heavy (non-hydrogen) atoms. The van der Waals surface area contributed by atoms with Crippen LogP contribution in [0.1, 0.15) is 12.8 Å². The van der Waals surface area contributed by atoms with Crippen LogP contribution in [-0.2, 0) is 0 Å². The molecule has 1 aliphatic heterocycles. The first-order valence-electron chi connectivity index (χ1n) is 13.1. The van der Waals surface area contributed by atoms with Crippen molar-refractivity contribution in [2.45, 2.75) is 18.9 Å². The molecule has 1 saturated heterocycles. The maximum atomic E-state index is 6.70. The van der Waals surface area contributed by atoms with Gasteiger partial charge in [0, 0.05) is 59.3 Å². The van der Waals surface area contributed by atoms with Gasteiger partial charge in [0.05, 0.1) is 19.2 Å². The van der Waals surface area contributed by atoms with Crippen LogP contribution in [0.25, 0.3) is 27.8 Å². The van der Waals surface area contributed by atoms with Crippen LogP contribution in [0, 0.1) is 0 Å². The predicted octanol–water partition coefficient (Wildman–Crippen LogP) is 5.28. The fourth-order valence-electron chi connectivity index (χ4n) is 5.29. The molecule has 0 saturated carbocycles. The molecule has 206 valence electrons. The molecule has 10 nitrogen and oxygen atoms in total. The summed E-state index contributed by atoms with van der Waals surface area (Å²) in [6.07, 6.45) is 5.77. The average molecular weight is 559 g/mol. The molecule has 6 rings (SSSR count). The van der Waals surface area contributed by atoms with Gasteiger partial charge in [-0.15, -0.1) is 10.2 Å². The molecule has 2 aromatic carbocycles. The Morgan fingerprint density at radius 2 is 1.75 bits per heavy atom. The van der Waals surface area contributed by atoms with Crippen molar-refractivity contribution in [3.63, 3.8) is 0 Å². The van der Waals surface area contributed by atoms with Crippen LogP contribution in [0.3, 0.4) is 0 Å². The highest BCUT2D eigenvalue weighted by atomic mass is 35.5. The summed E-state index contributed by atoms with van der Waals surface area (Å²) in [5.41, 5.74) is 4.91. The molecule has 0 radical (unpaired) electrons. The van der Waals surface area contributed by atoms with Crippen molar-refractivity contribution in [1.29, 1.82) is 0 Å². The van der Waals surface area contributed by atoms with E-state index in [1.807, 2.05) is 16.5 Å². The number of piperidine rings is 1. The number of halogens is 1. The van der Waals surface area contributed by atoms with E-state index in [2.05, 4.69) is 68.7 Å². The average Bonchev–Trinajstić information content (AvgIpc) is 3.48. The van der Waals surface area contributed by atoms with E-state index in [-0.39, 0.29) is 0 Å². The Morgan fingerprint density at radius 3 is 2.45 bits per heavy atom. The summed E-state index contributed by atoms with van der Waals surface area (Å²) in [6, 6.07) is 14.6. The summed E-state index contributed by atoms with van der Waals surface area (Å²) >= 11 is 6.70. The number of nitrogens with zero attached hydrogens (tertiary/aromatic N) is 7. The predicted molar refractivity (Wildman–Crippen MR) is 158 cm³/mol. The maximum Gasteiger partial charge on any atom is 0.229 e. The van der Waals surface area contributed by atoms with Crippen molar-refractivity contribution < 1.29 is 9.47 Å². The second-order valence-corrected chi connectivity index (χ2v) is 10.5. The highest BCUT2D eigenvalue weighted by molar-refractivity contribution is 6.35. The van der Waals surface area contributed by atoms with Crippen molar-refractivity contribution >= 4 is 45.6 Å². The van der Waals surface area contributed by atoms with Gasteiger partial charge in [-0.3, -0.25) is 4.40 Å². The fraction of sp³-hybridized carbons (Fsp3) is 0.310. The number of aromatic nitrogens is 5. The zero-order chi connectivity index (χ0) is 27.8. The van der Waals surface area contributed by atoms with E-state index in [1.165, 1.54) is 18.5 Å². The number of hydrogen-bond acceptors (Lipinski definition) is 9. The number of anilines is 3. The molecule has 5 aromatic rings. The fourth-order valence-corrected chi connectivity index (χ4v) is 5.58. The van der Waals surface area contributed by atoms with E-state index in [1.54, 1.807) is 32.8 Å². The SMILES string of the molecule is COc1cc(OC)c(Cl)c(-c2cc3cnc(Nc4ccc(N5CCC(N(C)C)CC5)cc4)nc3n3cnnc23)c1. The second-order valence-electron chi connectivity index (χ2n) is 10.1. The van der Waals surface area contributed by atoms with Gasteiger partial charge in [0.15, 0.2) is 11.3 Å². The molecular formula is C29H31ClN8O2. The molecule has 1 N–H and O–H groups in total. The first kappa shape index (κ1) is 26.1. The van der Waals surface area contributed by atoms with Crippen molar-refractivity contribution in [3.05, 3.63) is 60.0 Å². The lowest BCUT2D eigenvalue weighted by Crippen LogP contribution is -2.41. The summed E-state index contributed by atoms with van der Waals surface area (Å²) in [5, 5.41) is 13.1. The Bertz CT molecular complexity index is 1660. The van der Waals surface area contributed by atoms with E-state index in [0.29, 0.717) is 45.4 Å². The Morgan fingerprint density at radius 1 is 0.975 bits per heavy atom. The third-order valence-corrected chi connectivity index (χ3v) is 7.94. The van der Waals surface area contributed by atoms with Gasteiger partial charge in [0.25, 0.3) is 0 Å². The summed E-state index contributed by atoms with van der Waals surface area (Å²) in [5.74, 6) is 1.61. The Labute approximate surface area is 237 Å². The molecule has 1 aliphatic rings. The van der Waals surface area contributed by atoms with Crippen molar-refractivity contribution in [1.82, 2.24) is 29.5 Å². The van der Waals surface area contributed by atoms with Crippen molar-refractivity contribution in [2.24, 2.45) is 0 Å². The van der Waals surface area contributed by atoms with Crippen LogP contribution < -0.4 is 19.7 Å². The molecule has 0 bridgehead atoms. The number of nitrogens with one attached hydrogen (secondary N) is 1. The topological polar surface area (TPSA) is 92.9 Å². The second kappa shape index (κ2) is 10.8.